The molecule has 0 aromatic heterocycles. The molecule has 2 aromatic rings. The first-order valence-electron chi connectivity index (χ1n) is 5.84. The van der Waals surface area contributed by atoms with Crippen LogP contribution in [0.2, 0.25) is 10.0 Å². The summed E-state index contributed by atoms with van der Waals surface area (Å²) >= 11 is 18.6. The Morgan fingerprint density at radius 1 is 0.889 bits per heavy atom. The Morgan fingerprint density at radius 3 is 2.33 bits per heavy atom. The van der Waals surface area contributed by atoms with E-state index in [1.807, 2.05) is 24.3 Å². The van der Waals surface area contributed by atoms with E-state index in [9.17, 15) is 0 Å². The first-order valence-corrected chi connectivity index (χ1v) is 7.04. The van der Waals surface area contributed by atoms with E-state index < -0.39 is 0 Å². The van der Waals surface area contributed by atoms with E-state index in [0.717, 1.165) is 12.0 Å². The number of rotatable bonds is 1. The van der Waals surface area contributed by atoms with Crippen LogP contribution in [0.1, 0.15) is 34.4 Å². The lowest BCUT2D eigenvalue weighted by molar-refractivity contribution is 0.771. The minimum absolute atomic E-state index is 0.0675. The molecule has 0 amide bonds. The zero-order chi connectivity index (χ0) is 12.7. The van der Waals surface area contributed by atoms with Gasteiger partial charge in [-0.3, -0.25) is 0 Å². The van der Waals surface area contributed by atoms with Crippen molar-refractivity contribution in [3.8, 4) is 0 Å². The molecule has 0 bridgehead atoms. The van der Waals surface area contributed by atoms with Crippen LogP contribution >= 0.6 is 34.8 Å². The van der Waals surface area contributed by atoms with Gasteiger partial charge in [-0.15, -0.1) is 11.6 Å². The Bertz CT molecular complexity index is 592. The predicted molar refractivity (Wildman–Crippen MR) is 78.0 cm³/mol. The van der Waals surface area contributed by atoms with Crippen molar-refractivity contribution in [2.24, 2.45) is 0 Å². The van der Waals surface area contributed by atoms with Gasteiger partial charge in [-0.2, -0.15) is 0 Å². The molecule has 0 fully saturated rings. The van der Waals surface area contributed by atoms with E-state index in [-0.39, 0.29) is 11.3 Å². The van der Waals surface area contributed by atoms with E-state index >= 15 is 0 Å². The summed E-state index contributed by atoms with van der Waals surface area (Å²) in [5.74, 6) is 0.272. The van der Waals surface area contributed by atoms with Crippen LogP contribution < -0.4 is 0 Å². The molecule has 3 rings (SSSR count). The first-order chi connectivity index (χ1) is 8.66. The molecule has 92 valence electrons. The highest BCUT2D eigenvalue weighted by atomic mass is 35.5. The number of benzene rings is 2. The van der Waals surface area contributed by atoms with Gasteiger partial charge >= 0.3 is 0 Å². The van der Waals surface area contributed by atoms with Crippen LogP contribution in [0.3, 0.4) is 0 Å². The van der Waals surface area contributed by atoms with Crippen molar-refractivity contribution in [2.45, 2.75) is 17.7 Å². The van der Waals surface area contributed by atoms with E-state index in [1.165, 1.54) is 11.1 Å². The lowest BCUT2D eigenvalue weighted by atomic mass is 9.93. The summed E-state index contributed by atoms with van der Waals surface area (Å²) in [6.07, 6.45) is 0.891. The molecule has 0 spiro atoms. The Hall–Kier alpha value is -0.690. The van der Waals surface area contributed by atoms with Gasteiger partial charge < -0.3 is 0 Å². The molecule has 3 heteroatoms. The zero-order valence-electron chi connectivity index (χ0n) is 9.54. The summed E-state index contributed by atoms with van der Waals surface area (Å²) in [5, 5.41) is 1.45. The third-order valence-electron chi connectivity index (χ3n) is 3.49. The van der Waals surface area contributed by atoms with Crippen LogP contribution in [-0.4, -0.2) is 0 Å². The van der Waals surface area contributed by atoms with Gasteiger partial charge in [0.15, 0.2) is 0 Å². The highest BCUT2D eigenvalue weighted by molar-refractivity contribution is 6.35. The van der Waals surface area contributed by atoms with Crippen molar-refractivity contribution in [1.29, 1.82) is 0 Å². The fraction of sp³-hybridized carbons (Fsp3) is 0.200. The maximum Gasteiger partial charge on any atom is 0.0597 e. The van der Waals surface area contributed by atoms with Gasteiger partial charge in [-0.1, -0.05) is 53.5 Å². The quantitative estimate of drug-likeness (QED) is 0.583. The summed E-state index contributed by atoms with van der Waals surface area (Å²) in [5.41, 5.74) is 3.61. The van der Waals surface area contributed by atoms with Crippen LogP contribution in [0.25, 0.3) is 0 Å². The van der Waals surface area contributed by atoms with Gasteiger partial charge in [0.05, 0.1) is 5.38 Å². The molecule has 1 aliphatic rings. The lowest BCUT2D eigenvalue weighted by Gasteiger charge is -2.14. The number of halogens is 3. The van der Waals surface area contributed by atoms with Crippen LogP contribution in [0.15, 0.2) is 42.5 Å². The second-order valence-corrected chi connectivity index (χ2v) is 5.92. The summed E-state index contributed by atoms with van der Waals surface area (Å²) in [4.78, 5) is 0. The number of alkyl halides is 1. The van der Waals surface area contributed by atoms with Gasteiger partial charge in [0.2, 0.25) is 0 Å². The van der Waals surface area contributed by atoms with Crippen molar-refractivity contribution >= 4 is 34.8 Å². The van der Waals surface area contributed by atoms with E-state index in [1.54, 1.807) is 6.07 Å². The van der Waals surface area contributed by atoms with E-state index in [2.05, 4.69) is 12.1 Å². The molecular weight excluding hydrogens is 287 g/mol. The maximum absolute atomic E-state index is 6.40. The number of hydrogen-bond acceptors (Lipinski definition) is 0. The van der Waals surface area contributed by atoms with Crippen LogP contribution in [0, 0.1) is 0 Å². The predicted octanol–water partition coefficient (Wildman–Crippen LogP) is 5.81. The molecule has 18 heavy (non-hydrogen) atoms. The molecule has 0 saturated heterocycles. The second-order valence-electron chi connectivity index (χ2n) is 4.55. The summed E-state index contributed by atoms with van der Waals surface area (Å²) in [6.45, 7) is 0. The largest absolute Gasteiger partial charge is 0.118 e. The maximum atomic E-state index is 6.40. The van der Waals surface area contributed by atoms with Crippen molar-refractivity contribution in [1.82, 2.24) is 0 Å². The average Bonchev–Trinajstić information content (AvgIpc) is 2.68. The molecule has 1 aliphatic carbocycles. The topological polar surface area (TPSA) is 0 Å². The van der Waals surface area contributed by atoms with Crippen LogP contribution in [0.5, 0.6) is 0 Å². The summed E-state index contributed by atoms with van der Waals surface area (Å²) in [7, 11) is 0. The number of fused-ring (bicyclic) bond motifs is 1. The van der Waals surface area contributed by atoms with E-state index in [0.29, 0.717) is 10.0 Å². The highest BCUT2D eigenvalue weighted by Crippen LogP contribution is 2.48. The minimum Gasteiger partial charge on any atom is -0.118 e. The Balaban J connectivity index is 2.09. The highest BCUT2D eigenvalue weighted by Gasteiger charge is 2.31. The molecule has 0 nitrogen and oxygen atoms in total. The Kier molecular flexibility index (Phi) is 3.27. The van der Waals surface area contributed by atoms with Gasteiger partial charge in [0.25, 0.3) is 0 Å². The van der Waals surface area contributed by atoms with Gasteiger partial charge in [-0.05, 0) is 35.2 Å². The summed E-state index contributed by atoms with van der Waals surface area (Å²) < 4.78 is 0. The van der Waals surface area contributed by atoms with Crippen molar-refractivity contribution in [3.05, 3.63) is 69.2 Å². The SMILES string of the molecule is Clc1ccc([C@H]2C[C@@H](Cl)c3ccccc32)c(Cl)c1. The third kappa shape index (κ3) is 2.03. The molecule has 2 aromatic carbocycles. The van der Waals surface area contributed by atoms with E-state index in [4.69, 9.17) is 34.8 Å². The molecule has 0 unspecified atom stereocenters. The van der Waals surface area contributed by atoms with Gasteiger partial charge in [-0.25, -0.2) is 0 Å². The van der Waals surface area contributed by atoms with Gasteiger partial charge in [0, 0.05) is 16.0 Å². The second kappa shape index (κ2) is 4.77. The minimum atomic E-state index is 0.0675. The fourth-order valence-electron chi connectivity index (χ4n) is 2.65. The Labute approximate surface area is 121 Å². The molecule has 2 atom stereocenters. The monoisotopic (exact) mass is 296 g/mol. The molecule has 0 heterocycles. The van der Waals surface area contributed by atoms with Crippen molar-refractivity contribution in [2.75, 3.05) is 0 Å². The standard InChI is InChI=1S/C15H11Cl3/c16-9-5-6-12(14(17)7-9)13-8-15(18)11-4-2-1-3-10(11)13/h1-7,13,15H,8H2/t13-,15+/m0/s1. The molecule has 0 N–H and O–H groups in total. The van der Waals surface area contributed by atoms with Crippen molar-refractivity contribution < 1.29 is 0 Å². The third-order valence-corrected chi connectivity index (χ3v) is 4.47. The van der Waals surface area contributed by atoms with Crippen LogP contribution in [0.4, 0.5) is 0 Å². The lowest BCUT2D eigenvalue weighted by Crippen LogP contribution is -1.97. The smallest absolute Gasteiger partial charge is 0.0597 e. The molecule has 0 radical (unpaired) electrons. The zero-order valence-corrected chi connectivity index (χ0v) is 11.8. The average molecular weight is 298 g/mol. The molecular formula is C15H11Cl3. The molecule has 0 aliphatic heterocycles. The normalized spacial score (nSPS) is 21.9. The Morgan fingerprint density at radius 2 is 1.61 bits per heavy atom. The van der Waals surface area contributed by atoms with Gasteiger partial charge in [0.1, 0.15) is 0 Å². The van der Waals surface area contributed by atoms with Crippen LogP contribution in [-0.2, 0) is 0 Å². The van der Waals surface area contributed by atoms with Crippen molar-refractivity contribution in [3.63, 3.8) is 0 Å². The number of hydrogen-bond donors (Lipinski definition) is 0. The molecule has 0 saturated carbocycles. The first kappa shape index (κ1) is 12.3. The summed E-state index contributed by atoms with van der Waals surface area (Å²) in [6, 6.07) is 14.0. The fourth-order valence-corrected chi connectivity index (χ4v) is 3.57.